The molecule has 228 valence electrons. The molecule has 3 heterocycles. The molecule has 11 heteroatoms. The molecular formula is C34H32N6O3S2. The van der Waals surface area contributed by atoms with E-state index in [-0.39, 0.29) is 30.2 Å². The minimum absolute atomic E-state index is 0.106. The molecule has 0 saturated heterocycles. The van der Waals surface area contributed by atoms with E-state index in [1.807, 2.05) is 78.4 Å². The van der Waals surface area contributed by atoms with Crippen LogP contribution in [-0.2, 0) is 11.3 Å². The third-order valence-electron chi connectivity index (χ3n) is 7.31. The van der Waals surface area contributed by atoms with Crippen LogP contribution in [0.4, 0.5) is 0 Å². The number of thioether (sulfide) groups is 1. The fourth-order valence-electron chi connectivity index (χ4n) is 5.05. The van der Waals surface area contributed by atoms with Crippen LogP contribution in [0, 0.1) is 6.92 Å². The summed E-state index contributed by atoms with van der Waals surface area (Å²) in [6.45, 7) is 4.69. The number of aromatic nitrogens is 3. The number of nitrogens with zero attached hydrogens (tertiary/aromatic N) is 5. The Kier molecular flexibility index (Phi) is 9.37. The van der Waals surface area contributed by atoms with Crippen molar-refractivity contribution in [2.45, 2.75) is 38.0 Å². The lowest BCUT2D eigenvalue weighted by Crippen LogP contribution is -2.28. The van der Waals surface area contributed by atoms with Gasteiger partial charge in [0, 0.05) is 17.7 Å². The van der Waals surface area contributed by atoms with Crippen LogP contribution >= 0.6 is 23.1 Å². The summed E-state index contributed by atoms with van der Waals surface area (Å²) in [5.74, 6) is 1.05. The second-order valence-electron chi connectivity index (χ2n) is 10.4. The van der Waals surface area contributed by atoms with Gasteiger partial charge in [0.15, 0.2) is 11.0 Å². The minimum Gasteiger partial charge on any atom is -0.494 e. The minimum atomic E-state index is -0.211. The van der Waals surface area contributed by atoms with Crippen molar-refractivity contribution >= 4 is 40.6 Å². The zero-order valence-electron chi connectivity index (χ0n) is 24.9. The van der Waals surface area contributed by atoms with E-state index in [0.717, 1.165) is 33.2 Å². The number of carbonyl (C=O) groups excluding carboxylic acids is 2. The van der Waals surface area contributed by atoms with Crippen LogP contribution < -0.4 is 10.1 Å². The number of ether oxygens (including phenoxy) is 1. The molecule has 0 spiro atoms. The van der Waals surface area contributed by atoms with Gasteiger partial charge in [-0.05, 0) is 67.3 Å². The maximum Gasteiger partial charge on any atom is 0.253 e. The van der Waals surface area contributed by atoms with E-state index in [1.54, 1.807) is 28.5 Å². The molecule has 0 aliphatic carbocycles. The van der Waals surface area contributed by atoms with Crippen molar-refractivity contribution in [2.75, 3.05) is 12.4 Å². The van der Waals surface area contributed by atoms with Crippen molar-refractivity contribution in [1.82, 2.24) is 25.1 Å². The lowest BCUT2D eigenvalue weighted by atomic mass is 10.00. The quantitative estimate of drug-likeness (QED) is 0.168. The first-order chi connectivity index (χ1) is 22.0. The molecule has 3 aromatic carbocycles. The van der Waals surface area contributed by atoms with Crippen LogP contribution in [0.2, 0.25) is 0 Å². The van der Waals surface area contributed by atoms with Crippen LogP contribution in [0.1, 0.15) is 51.6 Å². The first-order valence-corrected chi connectivity index (χ1v) is 16.5. The van der Waals surface area contributed by atoms with Crippen LogP contribution in [-0.4, -0.2) is 49.7 Å². The topological polar surface area (TPSA) is 102 Å². The molecule has 1 aliphatic rings. The zero-order chi connectivity index (χ0) is 31.2. The number of hydrogen-bond donors (Lipinski definition) is 1. The number of hydrazone groups is 1. The highest BCUT2D eigenvalue weighted by Crippen LogP contribution is 2.35. The average molecular weight is 637 g/mol. The largest absolute Gasteiger partial charge is 0.494 e. The summed E-state index contributed by atoms with van der Waals surface area (Å²) in [6, 6.07) is 28.7. The Morgan fingerprint density at radius 1 is 0.978 bits per heavy atom. The van der Waals surface area contributed by atoms with Gasteiger partial charge in [0.1, 0.15) is 5.75 Å². The number of benzene rings is 3. The normalized spacial score (nSPS) is 14.3. The summed E-state index contributed by atoms with van der Waals surface area (Å²) in [5, 5.41) is 20.7. The maximum atomic E-state index is 13.8. The molecule has 1 aliphatic heterocycles. The number of nitrogens with one attached hydrogen (secondary N) is 1. The van der Waals surface area contributed by atoms with Gasteiger partial charge in [-0.3, -0.25) is 14.2 Å². The van der Waals surface area contributed by atoms with Gasteiger partial charge < -0.3 is 10.1 Å². The van der Waals surface area contributed by atoms with Gasteiger partial charge >= 0.3 is 0 Å². The van der Waals surface area contributed by atoms with Crippen LogP contribution in [0.25, 0.3) is 5.69 Å². The van der Waals surface area contributed by atoms with Crippen molar-refractivity contribution in [3.63, 3.8) is 0 Å². The highest BCUT2D eigenvalue weighted by atomic mass is 32.2. The molecule has 45 heavy (non-hydrogen) atoms. The van der Waals surface area contributed by atoms with Gasteiger partial charge in [-0.15, -0.1) is 21.5 Å². The average Bonchev–Trinajstić information content (AvgIpc) is 3.84. The molecule has 0 radical (unpaired) electrons. The molecule has 6 rings (SSSR count). The summed E-state index contributed by atoms with van der Waals surface area (Å²) in [4.78, 5) is 27.6. The molecule has 0 bridgehead atoms. The van der Waals surface area contributed by atoms with E-state index in [1.165, 1.54) is 11.8 Å². The fourth-order valence-corrected chi connectivity index (χ4v) is 6.59. The SMILES string of the molecule is CCOc1ccc(-n2c(CNC(=O)c3ccccc3)nnc2SCC(=O)N2N=C(c3cccs3)CC2c2ccc(C)cc2)cc1. The number of aryl methyl sites for hydroxylation is 1. The maximum absolute atomic E-state index is 13.8. The molecule has 2 amide bonds. The van der Waals surface area contributed by atoms with Crippen LogP contribution in [0.3, 0.4) is 0 Å². The van der Waals surface area contributed by atoms with Crippen molar-refractivity contribution in [1.29, 1.82) is 0 Å². The van der Waals surface area contributed by atoms with Crippen molar-refractivity contribution in [3.8, 4) is 11.4 Å². The van der Waals surface area contributed by atoms with E-state index in [9.17, 15) is 9.59 Å². The van der Waals surface area contributed by atoms with E-state index >= 15 is 0 Å². The number of rotatable bonds is 11. The Hall–Kier alpha value is -4.74. The fraction of sp³-hybridized carbons (Fsp3) is 0.206. The highest BCUT2D eigenvalue weighted by Gasteiger charge is 2.33. The van der Waals surface area contributed by atoms with Crippen molar-refractivity contribution < 1.29 is 14.3 Å². The predicted octanol–water partition coefficient (Wildman–Crippen LogP) is 6.44. The molecule has 2 aromatic heterocycles. The molecule has 1 atom stereocenters. The second kappa shape index (κ2) is 13.9. The molecule has 9 nitrogen and oxygen atoms in total. The predicted molar refractivity (Wildman–Crippen MR) is 177 cm³/mol. The Bertz CT molecular complexity index is 1790. The smallest absolute Gasteiger partial charge is 0.253 e. The summed E-state index contributed by atoms with van der Waals surface area (Å²) in [6.07, 6.45) is 0.646. The first-order valence-electron chi connectivity index (χ1n) is 14.6. The lowest BCUT2D eigenvalue weighted by molar-refractivity contribution is -0.130. The number of amides is 2. The summed E-state index contributed by atoms with van der Waals surface area (Å²) < 4.78 is 7.49. The molecular weight excluding hydrogens is 605 g/mol. The molecule has 0 saturated carbocycles. The Morgan fingerprint density at radius 3 is 2.47 bits per heavy atom. The molecule has 5 aromatic rings. The molecule has 1 N–H and O–H groups in total. The van der Waals surface area contributed by atoms with E-state index in [2.05, 4.69) is 39.8 Å². The van der Waals surface area contributed by atoms with Gasteiger partial charge in [-0.2, -0.15) is 5.10 Å². The van der Waals surface area contributed by atoms with Gasteiger partial charge in [-0.1, -0.05) is 65.9 Å². The monoisotopic (exact) mass is 636 g/mol. The van der Waals surface area contributed by atoms with E-state index < -0.39 is 0 Å². The Labute approximate surface area is 270 Å². The Morgan fingerprint density at radius 2 is 1.76 bits per heavy atom. The van der Waals surface area contributed by atoms with E-state index in [4.69, 9.17) is 9.84 Å². The summed E-state index contributed by atoms with van der Waals surface area (Å²) in [7, 11) is 0. The van der Waals surface area contributed by atoms with Crippen molar-refractivity contribution in [3.05, 3.63) is 124 Å². The van der Waals surface area contributed by atoms with Gasteiger partial charge in [0.05, 0.1) is 35.5 Å². The summed E-state index contributed by atoms with van der Waals surface area (Å²) in [5.41, 5.74) is 4.46. The number of thiophene rings is 1. The zero-order valence-corrected chi connectivity index (χ0v) is 26.6. The molecule has 0 fully saturated rings. The third-order valence-corrected chi connectivity index (χ3v) is 9.14. The van der Waals surface area contributed by atoms with Crippen LogP contribution in [0.5, 0.6) is 5.75 Å². The van der Waals surface area contributed by atoms with Gasteiger partial charge in [0.2, 0.25) is 0 Å². The van der Waals surface area contributed by atoms with Crippen LogP contribution in [0.15, 0.2) is 107 Å². The first kappa shape index (κ1) is 30.3. The van der Waals surface area contributed by atoms with Gasteiger partial charge in [-0.25, -0.2) is 5.01 Å². The number of hydrogen-bond acceptors (Lipinski definition) is 8. The Balaban J connectivity index is 1.24. The van der Waals surface area contributed by atoms with Gasteiger partial charge in [0.25, 0.3) is 11.8 Å². The van der Waals surface area contributed by atoms with Crippen molar-refractivity contribution in [2.24, 2.45) is 5.10 Å². The number of carbonyl (C=O) groups is 2. The third kappa shape index (κ3) is 7.00. The standard InChI is InChI=1S/C34H32N6O3S2/c1-3-43-27-17-15-26(16-18-27)39-31(21-35-33(42)25-8-5-4-6-9-25)36-37-34(39)45-22-32(41)40-29(24-13-11-23(2)12-14-24)20-28(38-40)30-10-7-19-44-30/h4-19,29H,3,20-22H2,1-2H3,(H,35,42). The van der Waals surface area contributed by atoms with E-state index in [0.29, 0.717) is 29.6 Å². The second-order valence-corrected chi connectivity index (χ2v) is 12.3. The lowest BCUT2D eigenvalue weighted by Gasteiger charge is -2.22. The highest BCUT2D eigenvalue weighted by molar-refractivity contribution is 7.99. The molecule has 1 unspecified atom stereocenters. The summed E-state index contributed by atoms with van der Waals surface area (Å²) >= 11 is 2.91.